The van der Waals surface area contributed by atoms with E-state index in [1.54, 1.807) is 43.5 Å². The van der Waals surface area contributed by atoms with Crippen molar-refractivity contribution in [1.29, 1.82) is 0 Å². The average Bonchev–Trinajstić information content (AvgIpc) is 3.23. The van der Waals surface area contributed by atoms with E-state index in [1.165, 1.54) is 23.5 Å². The number of nitrogens with zero attached hydrogens (tertiary/aromatic N) is 2. The summed E-state index contributed by atoms with van der Waals surface area (Å²) in [5.41, 5.74) is 2.63. The smallest absolute Gasteiger partial charge is 0.269 e. The van der Waals surface area contributed by atoms with Gasteiger partial charge < -0.3 is 4.74 Å². The summed E-state index contributed by atoms with van der Waals surface area (Å²) in [6, 6.07) is 20.2. The van der Waals surface area contributed by atoms with E-state index in [0.717, 1.165) is 10.4 Å². The van der Waals surface area contributed by atoms with Gasteiger partial charge in [-0.3, -0.25) is 20.2 Å². The molecule has 0 aliphatic carbocycles. The van der Waals surface area contributed by atoms with Gasteiger partial charge in [0.1, 0.15) is 5.75 Å². The Morgan fingerprint density at radius 1 is 1.00 bits per heavy atom. The lowest BCUT2D eigenvalue weighted by molar-refractivity contribution is -0.384. The number of nitrogens with one attached hydrogen (secondary N) is 1. The lowest BCUT2D eigenvalue weighted by Gasteiger charge is -2.04. The summed E-state index contributed by atoms with van der Waals surface area (Å²) >= 11 is 7.21. The Kier molecular flexibility index (Phi) is 6.16. The van der Waals surface area contributed by atoms with Crippen molar-refractivity contribution in [1.82, 2.24) is 4.98 Å². The fourth-order valence-electron chi connectivity index (χ4n) is 3.02. The van der Waals surface area contributed by atoms with Gasteiger partial charge in [-0.1, -0.05) is 22.9 Å². The van der Waals surface area contributed by atoms with E-state index in [0.29, 0.717) is 32.7 Å². The number of ether oxygens (including phenoxy) is 1. The van der Waals surface area contributed by atoms with Crippen LogP contribution in [0.3, 0.4) is 0 Å². The van der Waals surface area contributed by atoms with Gasteiger partial charge in [-0.25, -0.2) is 4.98 Å². The lowest BCUT2D eigenvalue weighted by atomic mass is 10.1. The van der Waals surface area contributed by atoms with Gasteiger partial charge in [-0.05, 0) is 66.2 Å². The van der Waals surface area contributed by atoms with Gasteiger partial charge in [0, 0.05) is 28.3 Å². The molecule has 4 rings (SSSR count). The number of nitro benzene ring substituents is 1. The molecule has 0 aliphatic rings. The minimum absolute atomic E-state index is 0.00811. The van der Waals surface area contributed by atoms with Crippen molar-refractivity contribution < 1.29 is 14.5 Å². The molecule has 1 amide bonds. The Bertz CT molecular complexity index is 1270. The number of benzene rings is 3. The number of rotatable bonds is 6. The highest BCUT2D eigenvalue weighted by Gasteiger charge is 2.18. The standard InChI is InChI=1S/C23H16ClN3O4S/c1-31-19-12-6-15(7-13-19)21-20(14-4-10-18(11-5-14)27(29)30)25-23(32-21)26-22(28)16-2-8-17(24)9-3-16/h2-13H,1H3,(H,25,26,28). The molecule has 0 radical (unpaired) electrons. The molecule has 0 aliphatic heterocycles. The van der Waals surface area contributed by atoms with Crippen LogP contribution in [0.15, 0.2) is 72.8 Å². The number of aromatic nitrogens is 1. The summed E-state index contributed by atoms with van der Waals surface area (Å²) in [4.78, 5) is 28.6. The second-order valence-corrected chi connectivity index (χ2v) is 8.13. The van der Waals surface area contributed by atoms with Crippen LogP contribution in [0.2, 0.25) is 5.02 Å². The molecule has 0 unspecified atom stereocenters. The molecule has 160 valence electrons. The number of hydrogen-bond donors (Lipinski definition) is 1. The van der Waals surface area contributed by atoms with Crippen molar-refractivity contribution in [3.8, 4) is 27.4 Å². The molecule has 4 aromatic rings. The fourth-order valence-corrected chi connectivity index (χ4v) is 4.13. The molecule has 9 heteroatoms. The van der Waals surface area contributed by atoms with Crippen LogP contribution in [0.4, 0.5) is 10.8 Å². The highest BCUT2D eigenvalue weighted by molar-refractivity contribution is 7.19. The molecule has 1 heterocycles. The maximum atomic E-state index is 12.6. The van der Waals surface area contributed by atoms with Crippen LogP contribution in [0.25, 0.3) is 21.7 Å². The average molecular weight is 466 g/mol. The van der Waals surface area contributed by atoms with Gasteiger partial charge in [-0.15, -0.1) is 0 Å². The molecule has 0 spiro atoms. The largest absolute Gasteiger partial charge is 0.497 e. The van der Waals surface area contributed by atoms with Gasteiger partial charge >= 0.3 is 0 Å². The Morgan fingerprint density at radius 2 is 1.62 bits per heavy atom. The van der Waals surface area contributed by atoms with E-state index >= 15 is 0 Å². The topological polar surface area (TPSA) is 94.4 Å². The first-order chi connectivity index (χ1) is 15.4. The number of carbonyl (C=O) groups excluding carboxylic acids is 1. The normalized spacial score (nSPS) is 10.6. The first-order valence-electron chi connectivity index (χ1n) is 9.41. The summed E-state index contributed by atoms with van der Waals surface area (Å²) in [6.07, 6.45) is 0. The van der Waals surface area contributed by atoms with Gasteiger partial charge in [0.05, 0.1) is 22.6 Å². The number of thiazole rings is 1. The van der Waals surface area contributed by atoms with E-state index in [-0.39, 0.29) is 11.6 Å². The molecule has 0 saturated carbocycles. The third-order valence-corrected chi connectivity index (χ3v) is 5.93. The number of amides is 1. The lowest BCUT2D eigenvalue weighted by Crippen LogP contribution is -2.11. The van der Waals surface area contributed by atoms with Crippen LogP contribution in [0.1, 0.15) is 10.4 Å². The minimum Gasteiger partial charge on any atom is -0.497 e. The van der Waals surface area contributed by atoms with Crippen molar-refractivity contribution in [2.45, 2.75) is 0 Å². The second kappa shape index (κ2) is 9.17. The van der Waals surface area contributed by atoms with Crippen LogP contribution in [0, 0.1) is 10.1 Å². The predicted molar refractivity (Wildman–Crippen MR) is 126 cm³/mol. The van der Waals surface area contributed by atoms with Crippen LogP contribution in [0.5, 0.6) is 5.75 Å². The van der Waals surface area contributed by atoms with Crippen molar-refractivity contribution in [3.05, 3.63) is 93.5 Å². The Balaban J connectivity index is 1.72. The SMILES string of the molecule is COc1ccc(-c2sc(NC(=O)c3ccc(Cl)cc3)nc2-c2ccc([N+](=O)[O-])cc2)cc1. The maximum absolute atomic E-state index is 12.6. The van der Waals surface area contributed by atoms with Crippen molar-refractivity contribution in [2.75, 3.05) is 12.4 Å². The molecular weight excluding hydrogens is 450 g/mol. The monoisotopic (exact) mass is 465 g/mol. The zero-order valence-corrected chi connectivity index (χ0v) is 18.3. The number of halogens is 1. The number of carbonyl (C=O) groups is 1. The number of methoxy groups -OCH3 is 1. The zero-order chi connectivity index (χ0) is 22.7. The van der Waals surface area contributed by atoms with Crippen LogP contribution >= 0.6 is 22.9 Å². The van der Waals surface area contributed by atoms with Gasteiger partial charge in [-0.2, -0.15) is 0 Å². The summed E-state index contributed by atoms with van der Waals surface area (Å²) in [6.45, 7) is 0. The van der Waals surface area contributed by atoms with E-state index in [4.69, 9.17) is 16.3 Å². The van der Waals surface area contributed by atoms with E-state index in [1.807, 2.05) is 24.3 Å². The molecule has 0 saturated heterocycles. The number of non-ortho nitro benzene ring substituents is 1. The maximum Gasteiger partial charge on any atom is 0.269 e. The summed E-state index contributed by atoms with van der Waals surface area (Å²) in [5.74, 6) is 0.401. The number of anilines is 1. The van der Waals surface area contributed by atoms with Crippen molar-refractivity contribution in [3.63, 3.8) is 0 Å². The van der Waals surface area contributed by atoms with Gasteiger partial charge in [0.15, 0.2) is 5.13 Å². The minimum atomic E-state index is -0.451. The molecule has 0 bridgehead atoms. The molecule has 32 heavy (non-hydrogen) atoms. The second-order valence-electron chi connectivity index (χ2n) is 6.69. The zero-order valence-electron chi connectivity index (χ0n) is 16.7. The third kappa shape index (κ3) is 4.61. The Hall–Kier alpha value is -3.75. The highest BCUT2D eigenvalue weighted by Crippen LogP contribution is 2.40. The molecule has 0 fully saturated rings. The molecule has 0 atom stereocenters. The summed E-state index contributed by atoms with van der Waals surface area (Å²) in [7, 11) is 1.59. The predicted octanol–water partition coefficient (Wildman–Crippen LogP) is 6.30. The van der Waals surface area contributed by atoms with E-state index in [2.05, 4.69) is 10.3 Å². The van der Waals surface area contributed by atoms with Crippen LogP contribution in [-0.2, 0) is 0 Å². The molecule has 1 N–H and O–H groups in total. The van der Waals surface area contributed by atoms with Crippen molar-refractivity contribution in [2.24, 2.45) is 0 Å². The van der Waals surface area contributed by atoms with Gasteiger partial charge in [0.2, 0.25) is 0 Å². The highest BCUT2D eigenvalue weighted by atomic mass is 35.5. The van der Waals surface area contributed by atoms with E-state index in [9.17, 15) is 14.9 Å². The molecule has 7 nitrogen and oxygen atoms in total. The first kappa shape index (κ1) is 21.5. The fraction of sp³-hybridized carbons (Fsp3) is 0.0435. The Labute approximate surface area is 192 Å². The van der Waals surface area contributed by atoms with E-state index < -0.39 is 4.92 Å². The molecular formula is C23H16ClN3O4S. The summed E-state index contributed by atoms with van der Waals surface area (Å²) < 4.78 is 5.23. The third-order valence-electron chi connectivity index (χ3n) is 4.66. The summed E-state index contributed by atoms with van der Waals surface area (Å²) in [5, 5.41) is 14.8. The molecule has 1 aromatic heterocycles. The van der Waals surface area contributed by atoms with Crippen molar-refractivity contribution >= 4 is 39.7 Å². The van der Waals surface area contributed by atoms with Crippen LogP contribution < -0.4 is 10.1 Å². The van der Waals surface area contributed by atoms with Crippen LogP contribution in [-0.4, -0.2) is 22.9 Å². The quantitative estimate of drug-likeness (QED) is 0.266. The van der Waals surface area contributed by atoms with Gasteiger partial charge in [0.25, 0.3) is 11.6 Å². The molecule has 3 aromatic carbocycles. The first-order valence-corrected chi connectivity index (χ1v) is 10.6. The number of nitro groups is 1. The number of hydrogen-bond acceptors (Lipinski definition) is 6. The Morgan fingerprint density at radius 3 is 2.22 bits per heavy atom.